The van der Waals surface area contributed by atoms with Crippen molar-refractivity contribution in [3.8, 4) is 16.9 Å². The van der Waals surface area contributed by atoms with Crippen LogP contribution in [0.15, 0.2) is 42.6 Å². The second-order valence-corrected chi connectivity index (χ2v) is 5.26. The van der Waals surface area contributed by atoms with Gasteiger partial charge in [-0.3, -0.25) is 0 Å². The van der Waals surface area contributed by atoms with Gasteiger partial charge in [0.25, 0.3) is 0 Å². The van der Waals surface area contributed by atoms with Crippen molar-refractivity contribution in [1.82, 2.24) is 4.98 Å². The molecular formula is C18H24N2O. The number of aromatic nitrogens is 1. The van der Waals surface area contributed by atoms with Crippen molar-refractivity contribution in [1.29, 1.82) is 0 Å². The van der Waals surface area contributed by atoms with E-state index >= 15 is 0 Å². The Morgan fingerprint density at radius 2 is 1.62 bits per heavy atom. The van der Waals surface area contributed by atoms with E-state index in [1.807, 2.05) is 24.3 Å². The summed E-state index contributed by atoms with van der Waals surface area (Å²) in [6.45, 7) is 3.03. The van der Waals surface area contributed by atoms with Crippen LogP contribution in [0.3, 0.4) is 0 Å². The molecule has 0 radical (unpaired) electrons. The van der Waals surface area contributed by atoms with E-state index in [1.165, 1.54) is 25.7 Å². The smallest absolute Gasteiger partial charge is 0.123 e. The van der Waals surface area contributed by atoms with Crippen LogP contribution in [0.25, 0.3) is 11.1 Å². The molecule has 2 rings (SSSR count). The zero-order valence-electron chi connectivity index (χ0n) is 12.7. The zero-order valence-corrected chi connectivity index (χ0v) is 12.7. The summed E-state index contributed by atoms with van der Waals surface area (Å²) in [4.78, 5) is 4.11. The van der Waals surface area contributed by atoms with Crippen LogP contribution in [0.4, 0.5) is 5.82 Å². The van der Waals surface area contributed by atoms with E-state index < -0.39 is 0 Å². The molecule has 0 aliphatic rings. The van der Waals surface area contributed by atoms with E-state index in [1.54, 1.807) is 6.20 Å². The number of pyridine rings is 1. The average Bonchev–Trinajstić information content (AvgIpc) is 2.52. The van der Waals surface area contributed by atoms with Gasteiger partial charge in [-0.1, -0.05) is 44.7 Å². The fraction of sp³-hybridized carbons (Fsp3) is 0.389. The van der Waals surface area contributed by atoms with Crippen LogP contribution in [-0.4, -0.2) is 11.6 Å². The fourth-order valence-electron chi connectivity index (χ4n) is 2.22. The first-order valence-electron chi connectivity index (χ1n) is 7.74. The van der Waals surface area contributed by atoms with Gasteiger partial charge >= 0.3 is 0 Å². The first kappa shape index (κ1) is 15.4. The highest BCUT2D eigenvalue weighted by Gasteiger charge is 1.99. The molecule has 0 saturated heterocycles. The van der Waals surface area contributed by atoms with E-state index in [2.05, 4.69) is 24.0 Å². The van der Waals surface area contributed by atoms with Crippen LogP contribution in [-0.2, 0) is 0 Å². The summed E-state index contributed by atoms with van der Waals surface area (Å²) < 4.78 is 5.76. The Bertz CT molecular complexity index is 520. The van der Waals surface area contributed by atoms with Gasteiger partial charge in [0.2, 0.25) is 0 Å². The molecule has 0 spiro atoms. The van der Waals surface area contributed by atoms with Crippen molar-refractivity contribution in [2.24, 2.45) is 0 Å². The molecule has 2 N–H and O–H groups in total. The average molecular weight is 284 g/mol. The number of nitrogen functional groups attached to an aromatic ring is 1. The summed E-state index contributed by atoms with van der Waals surface area (Å²) >= 11 is 0. The Hall–Kier alpha value is -2.03. The van der Waals surface area contributed by atoms with E-state index in [4.69, 9.17) is 10.5 Å². The molecule has 0 aliphatic heterocycles. The Kier molecular flexibility index (Phi) is 6.07. The highest BCUT2D eigenvalue weighted by atomic mass is 16.5. The molecule has 21 heavy (non-hydrogen) atoms. The molecule has 1 heterocycles. The lowest BCUT2D eigenvalue weighted by molar-refractivity contribution is 0.304. The lowest BCUT2D eigenvalue weighted by Crippen LogP contribution is -1.97. The summed E-state index contributed by atoms with van der Waals surface area (Å²) in [6, 6.07) is 11.9. The zero-order chi connectivity index (χ0) is 14.9. The van der Waals surface area contributed by atoms with Gasteiger partial charge in [0.15, 0.2) is 0 Å². The summed E-state index contributed by atoms with van der Waals surface area (Å²) in [5.74, 6) is 1.47. The van der Waals surface area contributed by atoms with E-state index in [0.29, 0.717) is 5.82 Å². The second kappa shape index (κ2) is 8.30. The van der Waals surface area contributed by atoms with Crippen molar-refractivity contribution < 1.29 is 4.74 Å². The minimum Gasteiger partial charge on any atom is -0.494 e. The maximum atomic E-state index is 5.76. The highest BCUT2D eigenvalue weighted by Crippen LogP contribution is 2.22. The Labute approximate surface area is 127 Å². The third kappa shape index (κ3) is 5.10. The first-order valence-corrected chi connectivity index (χ1v) is 7.74. The standard InChI is InChI=1S/C18H24N2O/c1-2-3-4-5-6-13-21-17-10-7-15(8-11-17)16-9-12-18(19)20-14-16/h7-12,14H,2-6,13H2,1H3,(H2,19,20). The number of rotatable bonds is 8. The fourth-order valence-corrected chi connectivity index (χ4v) is 2.22. The van der Waals surface area contributed by atoms with E-state index in [-0.39, 0.29) is 0 Å². The van der Waals surface area contributed by atoms with Crippen LogP contribution in [0.5, 0.6) is 5.75 Å². The molecule has 0 atom stereocenters. The second-order valence-electron chi connectivity index (χ2n) is 5.26. The molecular weight excluding hydrogens is 260 g/mol. The van der Waals surface area contributed by atoms with Gasteiger partial charge in [-0.25, -0.2) is 4.98 Å². The molecule has 0 amide bonds. The SMILES string of the molecule is CCCCCCCOc1ccc(-c2ccc(N)nc2)cc1. The largest absolute Gasteiger partial charge is 0.494 e. The van der Waals surface area contributed by atoms with Gasteiger partial charge in [0.05, 0.1) is 6.61 Å². The highest BCUT2D eigenvalue weighted by molar-refractivity contribution is 5.64. The number of nitrogens with two attached hydrogens (primary N) is 1. The molecule has 0 bridgehead atoms. The molecule has 0 fully saturated rings. The monoisotopic (exact) mass is 284 g/mol. The molecule has 112 valence electrons. The van der Waals surface area contributed by atoms with Crippen LogP contribution in [0.1, 0.15) is 39.0 Å². The van der Waals surface area contributed by atoms with Crippen LogP contribution >= 0.6 is 0 Å². The topological polar surface area (TPSA) is 48.1 Å². The minimum absolute atomic E-state index is 0.543. The number of hydrogen-bond donors (Lipinski definition) is 1. The summed E-state index contributed by atoms with van der Waals surface area (Å²) in [6.07, 6.45) is 8.08. The predicted molar refractivity (Wildman–Crippen MR) is 88.3 cm³/mol. The number of unbranched alkanes of at least 4 members (excludes halogenated alkanes) is 4. The normalized spacial score (nSPS) is 10.5. The first-order chi connectivity index (χ1) is 10.3. The Balaban J connectivity index is 1.80. The third-order valence-corrected chi connectivity index (χ3v) is 3.49. The minimum atomic E-state index is 0.543. The summed E-state index contributed by atoms with van der Waals surface area (Å²) in [5, 5.41) is 0. The lowest BCUT2D eigenvalue weighted by Gasteiger charge is -2.07. The molecule has 1 aromatic carbocycles. The lowest BCUT2D eigenvalue weighted by atomic mass is 10.1. The van der Waals surface area contributed by atoms with Crippen LogP contribution < -0.4 is 10.5 Å². The molecule has 3 nitrogen and oxygen atoms in total. The van der Waals surface area contributed by atoms with Gasteiger partial charge < -0.3 is 10.5 Å². The summed E-state index contributed by atoms with van der Waals surface area (Å²) in [7, 11) is 0. The third-order valence-electron chi connectivity index (χ3n) is 3.49. The number of nitrogens with zero attached hydrogens (tertiary/aromatic N) is 1. The van der Waals surface area contributed by atoms with Crippen LogP contribution in [0.2, 0.25) is 0 Å². The van der Waals surface area contributed by atoms with E-state index in [9.17, 15) is 0 Å². The molecule has 0 unspecified atom stereocenters. The number of anilines is 1. The van der Waals surface area contributed by atoms with Crippen molar-refractivity contribution >= 4 is 5.82 Å². The van der Waals surface area contributed by atoms with Gasteiger partial charge in [0, 0.05) is 11.8 Å². The number of hydrogen-bond acceptors (Lipinski definition) is 3. The van der Waals surface area contributed by atoms with Crippen molar-refractivity contribution in [2.45, 2.75) is 39.0 Å². The number of benzene rings is 1. The van der Waals surface area contributed by atoms with Gasteiger partial charge in [-0.05, 0) is 36.2 Å². The molecule has 0 aliphatic carbocycles. The Morgan fingerprint density at radius 3 is 2.29 bits per heavy atom. The van der Waals surface area contributed by atoms with Crippen molar-refractivity contribution in [2.75, 3.05) is 12.3 Å². The quantitative estimate of drug-likeness (QED) is 0.716. The molecule has 1 aromatic heterocycles. The van der Waals surface area contributed by atoms with Crippen LogP contribution in [0, 0.1) is 0 Å². The maximum absolute atomic E-state index is 5.76. The number of ether oxygens (including phenoxy) is 1. The Morgan fingerprint density at radius 1 is 0.905 bits per heavy atom. The van der Waals surface area contributed by atoms with Crippen molar-refractivity contribution in [3.05, 3.63) is 42.6 Å². The molecule has 3 heteroatoms. The molecule has 2 aromatic rings. The molecule has 0 saturated carbocycles. The maximum Gasteiger partial charge on any atom is 0.123 e. The van der Waals surface area contributed by atoms with E-state index in [0.717, 1.165) is 29.9 Å². The summed E-state index contributed by atoms with van der Waals surface area (Å²) in [5.41, 5.74) is 7.78. The predicted octanol–water partition coefficient (Wildman–Crippen LogP) is 4.68. The van der Waals surface area contributed by atoms with Gasteiger partial charge in [-0.2, -0.15) is 0 Å². The van der Waals surface area contributed by atoms with Crippen molar-refractivity contribution in [3.63, 3.8) is 0 Å². The van der Waals surface area contributed by atoms with Gasteiger partial charge in [-0.15, -0.1) is 0 Å². The van der Waals surface area contributed by atoms with Gasteiger partial charge in [0.1, 0.15) is 11.6 Å².